The smallest absolute Gasteiger partial charge is 0.320 e. The van der Waals surface area contributed by atoms with Crippen LogP contribution in [0.25, 0.3) is 0 Å². The summed E-state index contributed by atoms with van der Waals surface area (Å²) in [5.41, 5.74) is 6.23. The zero-order chi connectivity index (χ0) is 13.0. The summed E-state index contributed by atoms with van der Waals surface area (Å²) in [4.78, 5) is 0. The van der Waals surface area contributed by atoms with Crippen LogP contribution in [0.2, 0.25) is 0 Å². The maximum absolute atomic E-state index is 5.41. The van der Waals surface area contributed by atoms with E-state index >= 15 is 0 Å². The van der Waals surface area contributed by atoms with Crippen LogP contribution in [0, 0.1) is 0 Å². The molecule has 0 unspecified atom stereocenters. The molecular formula is C11H13BrN4O2. The summed E-state index contributed by atoms with van der Waals surface area (Å²) in [6.45, 7) is 0.482. The molecule has 18 heavy (non-hydrogen) atoms. The van der Waals surface area contributed by atoms with Crippen LogP contribution in [0.15, 0.2) is 27.1 Å². The van der Waals surface area contributed by atoms with E-state index in [0.29, 0.717) is 24.9 Å². The SMILES string of the molecule is COc1ccc(Nc2nnc(CCN)o2)cc1Br. The predicted molar refractivity (Wildman–Crippen MR) is 71.0 cm³/mol. The Bertz CT molecular complexity index is 530. The molecule has 1 aromatic heterocycles. The van der Waals surface area contributed by atoms with Gasteiger partial charge >= 0.3 is 6.01 Å². The maximum Gasteiger partial charge on any atom is 0.320 e. The van der Waals surface area contributed by atoms with Gasteiger partial charge in [-0.1, -0.05) is 5.10 Å². The molecule has 0 atom stereocenters. The highest BCUT2D eigenvalue weighted by atomic mass is 79.9. The van der Waals surface area contributed by atoms with E-state index in [1.54, 1.807) is 7.11 Å². The van der Waals surface area contributed by atoms with Crippen LogP contribution in [0.3, 0.4) is 0 Å². The molecule has 0 fully saturated rings. The minimum absolute atomic E-state index is 0.343. The molecule has 0 saturated carbocycles. The van der Waals surface area contributed by atoms with E-state index in [-0.39, 0.29) is 0 Å². The highest BCUT2D eigenvalue weighted by molar-refractivity contribution is 9.10. The van der Waals surface area contributed by atoms with E-state index in [2.05, 4.69) is 31.4 Å². The number of nitrogens with zero attached hydrogens (tertiary/aromatic N) is 2. The molecule has 2 aromatic rings. The summed E-state index contributed by atoms with van der Waals surface area (Å²) in [6, 6.07) is 5.90. The molecule has 0 bridgehead atoms. The second kappa shape index (κ2) is 5.83. The Balaban J connectivity index is 2.10. The third-order valence-electron chi connectivity index (χ3n) is 2.23. The molecular weight excluding hydrogens is 300 g/mol. The van der Waals surface area contributed by atoms with Crippen LogP contribution in [-0.4, -0.2) is 23.9 Å². The number of ether oxygens (including phenoxy) is 1. The van der Waals surface area contributed by atoms with Gasteiger partial charge in [-0.3, -0.25) is 0 Å². The Morgan fingerprint density at radius 3 is 2.94 bits per heavy atom. The van der Waals surface area contributed by atoms with Crippen molar-refractivity contribution < 1.29 is 9.15 Å². The molecule has 0 spiro atoms. The Labute approximate surface area is 113 Å². The minimum Gasteiger partial charge on any atom is -0.496 e. The fraction of sp³-hybridized carbons (Fsp3) is 0.273. The van der Waals surface area contributed by atoms with Crippen molar-refractivity contribution in [3.8, 4) is 5.75 Å². The Morgan fingerprint density at radius 2 is 2.28 bits per heavy atom. The monoisotopic (exact) mass is 312 g/mol. The summed E-state index contributed by atoms with van der Waals surface area (Å²) >= 11 is 3.40. The fourth-order valence-electron chi connectivity index (χ4n) is 1.40. The molecule has 96 valence electrons. The van der Waals surface area contributed by atoms with Crippen molar-refractivity contribution in [2.75, 3.05) is 19.0 Å². The molecule has 0 aliphatic heterocycles. The number of anilines is 2. The topological polar surface area (TPSA) is 86.2 Å². The predicted octanol–water partition coefficient (Wildman–Crippen LogP) is 2.09. The summed E-state index contributed by atoms with van der Waals surface area (Å²) < 4.78 is 11.4. The molecule has 0 radical (unpaired) electrons. The Kier molecular flexibility index (Phi) is 4.16. The number of benzene rings is 1. The first-order valence-corrected chi connectivity index (χ1v) is 6.15. The van der Waals surface area contributed by atoms with Crippen LogP contribution in [0.4, 0.5) is 11.7 Å². The molecule has 3 N–H and O–H groups in total. The van der Waals surface area contributed by atoms with Gasteiger partial charge in [-0.25, -0.2) is 0 Å². The van der Waals surface area contributed by atoms with Crippen molar-refractivity contribution in [3.63, 3.8) is 0 Å². The first-order valence-electron chi connectivity index (χ1n) is 5.36. The zero-order valence-corrected chi connectivity index (χ0v) is 11.4. The quantitative estimate of drug-likeness (QED) is 0.879. The lowest BCUT2D eigenvalue weighted by molar-refractivity contribution is 0.412. The number of aromatic nitrogens is 2. The molecule has 0 saturated heterocycles. The lowest BCUT2D eigenvalue weighted by Gasteiger charge is -2.05. The summed E-state index contributed by atoms with van der Waals surface area (Å²) in [7, 11) is 1.62. The van der Waals surface area contributed by atoms with Gasteiger partial charge in [0.15, 0.2) is 0 Å². The highest BCUT2D eigenvalue weighted by Crippen LogP contribution is 2.28. The average molecular weight is 313 g/mol. The zero-order valence-electron chi connectivity index (χ0n) is 9.81. The first-order chi connectivity index (χ1) is 8.72. The largest absolute Gasteiger partial charge is 0.496 e. The number of halogens is 1. The van der Waals surface area contributed by atoms with Crippen LogP contribution in [-0.2, 0) is 6.42 Å². The van der Waals surface area contributed by atoms with Gasteiger partial charge in [0.2, 0.25) is 5.89 Å². The molecule has 6 nitrogen and oxygen atoms in total. The standard InChI is InChI=1S/C11H13BrN4O2/c1-17-9-3-2-7(6-8(9)12)14-11-16-15-10(18-11)4-5-13/h2-3,6H,4-5,13H2,1H3,(H,14,16). The van der Waals surface area contributed by atoms with E-state index in [1.165, 1.54) is 0 Å². The second-order valence-electron chi connectivity index (χ2n) is 3.51. The molecule has 2 rings (SSSR count). The van der Waals surface area contributed by atoms with E-state index in [9.17, 15) is 0 Å². The highest BCUT2D eigenvalue weighted by Gasteiger charge is 2.07. The van der Waals surface area contributed by atoms with Gasteiger partial charge in [0.05, 0.1) is 11.6 Å². The van der Waals surface area contributed by atoms with E-state index in [4.69, 9.17) is 14.9 Å². The average Bonchev–Trinajstić information content (AvgIpc) is 2.77. The lowest BCUT2D eigenvalue weighted by atomic mass is 10.3. The van der Waals surface area contributed by atoms with Crippen molar-refractivity contribution >= 4 is 27.6 Å². The lowest BCUT2D eigenvalue weighted by Crippen LogP contribution is -2.02. The normalized spacial score (nSPS) is 10.4. The van der Waals surface area contributed by atoms with Crippen molar-refractivity contribution in [2.45, 2.75) is 6.42 Å². The molecule has 0 aliphatic carbocycles. The van der Waals surface area contributed by atoms with Crippen molar-refractivity contribution in [1.82, 2.24) is 10.2 Å². The maximum atomic E-state index is 5.41. The number of hydrogen-bond donors (Lipinski definition) is 2. The Hall–Kier alpha value is -1.60. The van der Waals surface area contributed by atoms with Crippen LogP contribution < -0.4 is 15.8 Å². The van der Waals surface area contributed by atoms with Crippen LogP contribution in [0.1, 0.15) is 5.89 Å². The van der Waals surface area contributed by atoms with Crippen LogP contribution in [0.5, 0.6) is 5.75 Å². The molecule has 1 heterocycles. The number of nitrogens with two attached hydrogens (primary N) is 1. The van der Waals surface area contributed by atoms with Crippen molar-refractivity contribution in [1.29, 1.82) is 0 Å². The third-order valence-corrected chi connectivity index (χ3v) is 2.85. The van der Waals surface area contributed by atoms with Crippen LogP contribution >= 0.6 is 15.9 Å². The molecule has 1 aromatic carbocycles. The fourth-order valence-corrected chi connectivity index (χ4v) is 1.94. The number of nitrogens with one attached hydrogen (secondary N) is 1. The van der Waals surface area contributed by atoms with Crippen molar-refractivity contribution in [3.05, 3.63) is 28.6 Å². The summed E-state index contributed by atoms with van der Waals surface area (Å²) in [6.07, 6.45) is 0.570. The number of hydrogen-bond acceptors (Lipinski definition) is 6. The van der Waals surface area contributed by atoms with Gasteiger partial charge in [0, 0.05) is 18.7 Å². The third kappa shape index (κ3) is 2.99. The number of rotatable bonds is 5. The van der Waals surface area contributed by atoms with E-state index in [1.807, 2.05) is 18.2 Å². The molecule has 7 heteroatoms. The number of methoxy groups -OCH3 is 1. The molecule has 0 aliphatic rings. The first kappa shape index (κ1) is 12.8. The van der Waals surface area contributed by atoms with Crippen molar-refractivity contribution in [2.24, 2.45) is 5.73 Å². The summed E-state index contributed by atoms with van der Waals surface area (Å²) in [5, 5.41) is 10.7. The van der Waals surface area contributed by atoms with Gasteiger partial charge in [0.25, 0.3) is 0 Å². The second-order valence-corrected chi connectivity index (χ2v) is 4.37. The van der Waals surface area contributed by atoms with E-state index in [0.717, 1.165) is 15.9 Å². The van der Waals surface area contributed by atoms with Gasteiger partial charge in [-0.15, -0.1) is 5.10 Å². The van der Waals surface area contributed by atoms with E-state index < -0.39 is 0 Å². The van der Waals surface area contributed by atoms with Gasteiger partial charge < -0.3 is 20.2 Å². The molecule has 0 amide bonds. The van der Waals surface area contributed by atoms with Gasteiger partial charge in [-0.2, -0.15) is 0 Å². The summed E-state index contributed by atoms with van der Waals surface area (Å²) in [5.74, 6) is 1.28. The Morgan fingerprint density at radius 1 is 1.44 bits per heavy atom. The van der Waals surface area contributed by atoms with Gasteiger partial charge in [0.1, 0.15) is 5.75 Å². The minimum atomic E-state index is 0.343. The van der Waals surface area contributed by atoms with Gasteiger partial charge in [-0.05, 0) is 34.1 Å².